The second-order valence-electron chi connectivity index (χ2n) is 5.05. The van der Waals surface area contributed by atoms with E-state index in [9.17, 15) is 18.4 Å². The fourth-order valence-corrected chi connectivity index (χ4v) is 2.40. The first-order valence-corrected chi connectivity index (χ1v) is 7.34. The van der Waals surface area contributed by atoms with Crippen LogP contribution in [0.5, 0.6) is 0 Å². The smallest absolute Gasteiger partial charge is 0.340 e. The number of esters is 1. The van der Waals surface area contributed by atoms with Crippen molar-refractivity contribution in [3.63, 3.8) is 0 Å². The number of carbonyl (C=O) groups excluding carboxylic acids is 2. The van der Waals surface area contributed by atoms with E-state index in [-0.39, 0.29) is 11.4 Å². The zero-order valence-electron chi connectivity index (χ0n) is 12.7. The molecule has 128 valence electrons. The molecule has 0 fully saturated rings. The first kappa shape index (κ1) is 16.9. The molecule has 0 aliphatic heterocycles. The van der Waals surface area contributed by atoms with Gasteiger partial charge in [-0.3, -0.25) is 4.79 Å². The normalized spacial score (nSPS) is 10.7. The first-order chi connectivity index (χ1) is 11.9. The standard InChI is InChI=1S/C17H10ClF2NO4/c1-24-17(23)10-6-13(12(20)7-11(10)19)21-16(22)15-5-8-4-9(18)2-3-14(8)25-15/h2-7H,1H3,(H,21,22). The Kier molecular flexibility index (Phi) is 4.41. The van der Waals surface area contributed by atoms with Crippen LogP contribution in [0.4, 0.5) is 14.5 Å². The SMILES string of the molecule is COC(=O)c1cc(NC(=O)c2cc3cc(Cl)ccc3o2)c(F)cc1F. The molecule has 1 heterocycles. The van der Waals surface area contributed by atoms with Gasteiger partial charge in [0, 0.05) is 16.5 Å². The molecule has 1 amide bonds. The van der Waals surface area contributed by atoms with E-state index in [4.69, 9.17) is 16.0 Å². The summed E-state index contributed by atoms with van der Waals surface area (Å²) >= 11 is 5.86. The number of rotatable bonds is 3. The van der Waals surface area contributed by atoms with E-state index in [0.717, 1.165) is 13.2 Å². The Hall–Kier alpha value is -2.93. The summed E-state index contributed by atoms with van der Waals surface area (Å²) in [4.78, 5) is 23.7. The molecule has 0 aliphatic rings. The number of hydrogen-bond donors (Lipinski definition) is 1. The molecular weight excluding hydrogens is 356 g/mol. The highest BCUT2D eigenvalue weighted by Crippen LogP contribution is 2.25. The number of benzene rings is 2. The summed E-state index contributed by atoms with van der Waals surface area (Å²) in [5.74, 6) is -4.00. The molecule has 0 unspecified atom stereocenters. The Morgan fingerprint density at radius 2 is 1.88 bits per heavy atom. The van der Waals surface area contributed by atoms with Gasteiger partial charge in [-0.1, -0.05) is 11.6 Å². The van der Waals surface area contributed by atoms with E-state index >= 15 is 0 Å². The molecule has 0 saturated heterocycles. The Morgan fingerprint density at radius 3 is 2.60 bits per heavy atom. The summed E-state index contributed by atoms with van der Waals surface area (Å²) in [6.45, 7) is 0. The fourth-order valence-electron chi connectivity index (χ4n) is 2.22. The average Bonchev–Trinajstić information content (AvgIpc) is 2.99. The number of halogens is 3. The Labute approximate surface area is 145 Å². The molecule has 0 aliphatic carbocycles. The van der Waals surface area contributed by atoms with Crippen LogP contribution in [0, 0.1) is 11.6 Å². The largest absolute Gasteiger partial charge is 0.465 e. The van der Waals surface area contributed by atoms with Crippen LogP contribution < -0.4 is 5.32 Å². The minimum absolute atomic E-state index is 0.0967. The second-order valence-corrected chi connectivity index (χ2v) is 5.49. The van der Waals surface area contributed by atoms with Crippen LogP contribution in [0.2, 0.25) is 5.02 Å². The highest BCUT2D eigenvalue weighted by atomic mass is 35.5. The molecule has 5 nitrogen and oxygen atoms in total. The quantitative estimate of drug-likeness (QED) is 0.698. The zero-order valence-corrected chi connectivity index (χ0v) is 13.5. The number of methoxy groups -OCH3 is 1. The maximum atomic E-state index is 13.9. The van der Waals surface area contributed by atoms with Crippen molar-refractivity contribution >= 4 is 40.1 Å². The van der Waals surface area contributed by atoms with Crippen molar-refractivity contribution in [2.45, 2.75) is 0 Å². The third-order valence-corrected chi connectivity index (χ3v) is 3.65. The molecule has 8 heteroatoms. The van der Waals surface area contributed by atoms with E-state index in [1.54, 1.807) is 18.2 Å². The van der Waals surface area contributed by atoms with Crippen LogP contribution in [0.3, 0.4) is 0 Å². The number of ether oxygens (including phenoxy) is 1. The van der Waals surface area contributed by atoms with Crippen LogP contribution in [0.25, 0.3) is 11.0 Å². The van der Waals surface area contributed by atoms with Gasteiger partial charge < -0.3 is 14.5 Å². The van der Waals surface area contributed by atoms with Gasteiger partial charge in [0.25, 0.3) is 5.91 Å². The molecule has 0 radical (unpaired) electrons. The van der Waals surface area contributed by atoms with Gasteiger partial charge in [0.1, 0.15) is 17.2 Å². The van der Waals surface area contributed by atoms with Gasteiger partial charge in [0.15, 0.2) is 5.76 Å². The lowest BCUT2D eigenvalue weighted by Crippen LogP contribution is -2.14. The summed E-state index contributed by atoms with van der Waals surface area (Å²) in [6, 6.07) is 7.55. The van der Waals surface area contributed by atoms with Gasteiger partial charge in [0.05, 0.1) is 18.4 Å². The number of amides is 1. The van der Waals surface area contributed by atoms with Crippen molar-refractivity contribution in [1.29, 1.82) is 0 Å². The lowest BCUT2D eigenvalue weighted by atomic mass is 10.1. The van der Waals surface area contributed by atoms with E-state index in [0.29, 0.717) is 22.1 Å². The van der Waals surface area contributed by atoms with Gasteiger partial charge in [-0.15, -0.1) is 0 Å². The molecule has 0 spiro atoms. The molecule has 3 rings (SSSR count). The molecule has 1 N–H and O–H groups in total. The van der Waals surface area contributed by atoms with Crippen molar-refractivity contribution in [3.05, 3.63) is 64.4 Å². The molecule has 1 aromatic heterocycles. The van der Waals surface area contributed by atoms with Crippen molar-refractivity contribution in [3.8, 4) is 0 Å². The van der Waals surface area contributed by atoms with Crippen molar-refractivity contribution in [1.82, 2.24) is 0 Å². The topological polar surface area (TPSA) is 68.5 Å². The number of carbonyl (C=O) groups is 2. The van der Waals surface area contributed by atoms with Crippen LogP contribution in [0.1, 0.15) is 20.9 Å². The summed E-state index contributed by atoms with van der Waals surface area (Å²) in [5.41, 5.74) is -0.467. The van der Waals surface area contributed by atoms with Crippen LogP contribution in [0.15, 0.2) is 40.8 Å². The van der Waals surface area contributed by atoms with Crippen LogP contribution >= 0.6 is 11.6 Å². The van der Waals surface area contributed by atoms with Gasteiger partial charge >= 0.3 is 5.97 Å². The molecule has 0 saturated carbocycles. The van der Waals surface area contributed by atoms with Crippen molar-refractivity contribution < 1.29 is 27.5 Å². The summed E-state index contributed by atoms with van der Waals surface area (Å²) in [6.07, 6.45) is 0. The first-order valence-electron chi connectivity index (χ1n) is 6.97. The summed E-state index contributed by atoms with van der Waals surface area (Å²) in [7, 11) is 1.06. The Bertz CT molecular complexity index is 1000. The van der Waals surface area contributed by atoms with Gasteiger partial charge in [-0.05, 0) is 30.3 Å². The van der Waals surface area contributed by atoms with Crippen LogP contribution in [-0.4, -0.2) is 19.0 Å². The molecule has 0 atom stereocenters. The number of anilines is 1. The molecule has 25 heavy (non-hydrogen) atoms. The lowest BCUT2D eigenvalue weighted by molar-refractivity contribution is 0.0595. The minimum Gasteiger partial charge on any atom is -0.465 e. The summed E-state index contributed by atoms with van der Waals surface area (Å²) in [5, 5.41) is 3.29. The maximum absolute atomic E-state index is 13.9. The number of nitrogens with one attached hydrogen (secondary N) is 1. The van der Waals surface area contributed by atoms with E-state index in [1.807, 2.05) is 0 Å². The predicted octanol–water partition coefficient (Wildman–Crippen LogP) is 4.40. The highest BCUT2D eigenvalue weighted by molar-refractivity contribution is 6.31. The minimum atomic E-state index is -1.10. The van der Waals surface area contributed by atoms with E-state index < -0.39 is 29.1 Å². The second kappa shape index (κ2) is 6.52. The lowest BCUT2D eigenvalue weighted by Gasteiger charge is -2.08. The monoisotopic (exact) mass is 365 g/mol. The summed E-state index contributed by atoms with van der Waals surface area (Å²) < 4.78 is 37.3. The molecular formula is C17H10ClF2NO4. The number of hydrogen-bond acceptors (Lipinski definition) is 4. The van der Waals surface area contributed by atoms with E-state index in [1.165, 1.54) is 6.07 Å². The van der Waals surface area contributed by atoms with Gasteiger partial charge in [0.2, 0.25) is 0 Å². The van der Waals surface area contributed by atoms with Gasteiger partial charge in [-0.25, -0.2) is 13.6 Å². The number of furan rings is 1. The Morgan fingerprint density at radius 1 is 1.12 bits per heavy atom. The average molecular weight is 366 g/mol. The van der Waals surface area contributed by atoms with Crippen molar-refractivity contribution in [2.75, 3.05) is 12.4 Å². The predicted molar refractivity (Wildman–Crippen MR) is 86.9 cm³/mol. The zero-order chi connectivity index (χ0) is 18.1. The highest BCUT2D eigenvalue weighted by Gasteiger charge is 2.19. The fraction of sp³-hybridized carbons (Fsp3) is 0.0588. The maximum Gasteiger partial charge on any atom is 0.340 e. The molecule has 0 bridgehead atoms. The van der Waals surface area contributed by atoms with E-state index in [2.05, 4.69) is 10.1 Å². The van der Waals surface area contributed by atoms with Crippen LogP contribution in [-0.2, 0) is 4.74 Å². The van der Waals surface area contributed by atoms with Gasteiger partial charge in [-0.2, -0.15) is 0 Å². The number of fused-ring (bicyclic) bond motifs is 1. The molecule has 2 aromatic carbocycles. The molecule has 3 aromatic rings. The Balaban J connectivity index is 1.92. The van der Waals surface area contributed by atoms with Crippen molar-refractivity contribution in [2.24, 2.45) is 0 Å². The third-order valence-electron chi connectivity index (χ3n) is 3.41. The third kappa shape index (κ3) is 3.32.